The van der Waals surface area contributed by atoms with Crippen molar-refractivity contribution in [3.05, 3.63) is 55.1 Å². The van der Waals surface area contributed by atoms with E-state index in [-0.39, 0.29) is 18.2 Å². The summed E-state index contributed by atoms with van der Waals surface area (Å²) in [5.41, 5.74) is 2.20. The summed E-state index contributed by atoms with van der Waals surface area (Å²) in [5, 5.41) is 4.29. The number of nitrogens with zero attached hydrogens (tertiary/aromatic N) is 4. The summed E-state index contributed by atoms with van der Waals surface area (Å²) < 4.78 is 32.8. The van der Waals surface area contributed by atoms with Gasteiger partial charge >= 0.3 is 0 Å². The number of hydrogen-bond acceptors (Lipinski definition) is 6. The van der Waals surface area contributed by atoms with E-state index in [2.05, 4.69) is 19.8 Å². The molecule has 0 aromatic carbocycles. The van der Waals surface area contributed by atoms with Crippen molar-refractivity contribution < 1.29 is 13.2 Å². The van der Waals surface area contributed by atoms with Gasteiger partial charge in [-0.1, -0.05) is 6.07 Å². The first-order valence-electron chi connectivity index (χ1n) is 7.49. The molecule has 0 saturated heterocycles. The zero-order chi connectivity index (χ0) is 17.7. The van der Waals surface area contributed by atoms with Crippen molar-refractivity contribution in [2.24, 2.45) is 0 Å². The molecular weight excluding hydrogens is 342 g/mol. The molecular formula is C16H17N5O3S. The van der Waals surface area contributed by atoms with Crippen molar-refractivity contribution in [1.29, 1.82) is 0 Å². The molecule has 3 heterocycles. The lowest BCUT2D eigenvalue weighted by Gasteiger charge is -2.07. The average Bonchev–Trinajstić information content (AvgIpc) is 3.11. The van der Waals surface area contributed by atoms with Gasteiger partial charge in [0.15, 0.2) is 0 Å². The van der Waals surface area contributed by atoms with E-state index in [1.54, 1.807) is 41.5 Å². The van der Waals surface area contributed by atoms with Crippen LogP contribution in [0.3, 0.4) is 0 Å². The predicted molar refractivity (Wildman–Crippen MR) is 93.9 cm³/mol. The highest BCUT2D eigenvalue weighted by Crippen LogP contribution is 2.20. The molecule has 130 valence electrons. The van der Waals surface area contributed by atoms with E-state index >= 15 is 0 Å². The summed E-state index contributed by atoms with van der Waals surface area (Å²) in [4.78, 5) is 8.40. The molecule has 9 heteroatoms. The second-order valence-electron chi connectivity index (χ2n) is 5.21. The number of nitrogens with one attached hydrogen (secondary N) is 1. The van der Waals surface area contributed by atoms with Gasteiger partial charge in [-0.25, -0.2) is 18.1 Å². The van der Waals surface area contributed by atoms with E-state index in [1.165, 1.54) is 7.11 Å². The smallest absolute Gasteiger partial charge is 0.236 e. The summed E-state index contributed by atoms with van der Waals surface area (Å²) in [6.45, 7) is 0.118. The molecule has 0 atom stereocenters. The molecule has 1 N–H and O–H groups in total. The number of pyridine rings is 2. The minimum Gasteiger partial charge on any atom is -0.384 e. The Balaban J connectivity index is 1.81. The molecule has 3 aromatic heterocycles. The fraction of sp³-hybridized carbons (Fsp3) is 0.188. The number of sulfonamides is 1. The van der Waals surface area contributed by atoms with Crippen LogP contribution in [0.1, 0.15) is 0 Å². The van der Waals surface area contributed by atoms with Crippen LogP contribution in [0.2, 0.25) is 0 Å². The van der Waals surface area contributed by atoms with Gasteiger partial charge in [0, 0.05) is 25.1 Å². The van der Waals surface area contributed by atoms with Crippen LogP contribution >= 0.6 is 0 Å². The second-order valence-corrected chi connectivity index (χ2v) is 7.05. The van der Waals surface area contributed by atoms with Crippen molar-refractivity contribution in [3.8, 4) is 16.9 Å². The molecule has 0 aliphatic rings. The number of aromatic nitrogens is 4. The molecule has 0 bridgehead atoms. The SMILES string of the molecule is COCCS(=O)(=O)Nc1cccc(-c2cnn(-c3cccnc3)c2)n1. The Labute approximate surface area is 145 Å². The highest BCUT2D eigenvalue weighted by atomic mass is 32.2. The van der Waals surface area contributed by atoms with Gasteiger partial charge in [0.05, 0.1) is 36.1 Å². The van der Waals surface area contributed by atoms with Gasteiger partial charge in [-0.2, -0.15) is 5.10 Å². The van der Waals surface area contributed by atoms with Gasteiger partial charge in [-0.05, 0) is 24.3 Å². The van der Waals surface area contributed by atoms with Crippen LogP contribution in [-0.2, 0) is 14.8 Å². The third kappa shape index (κ3) is 4.40. The quantitative estimate of drug-likeness (QED) is 0.689. The number of hydrogen-bond donors (Lipinski definition) is 1. The number of methoxy groups -OCH3 is 1. The highest BCUT2D eigenvalue weighted by molar-refractivity contribution is 7.92. The first-order chi connectivity index (χ1) is 12.1. The van der Waals surface area contributed by atoms with Crippen molar-refractivity contribution >= 4 is 15.8 Å². The minimum atomic E-state index is -3.50. The zero-order valence-electron chi connectivity index (χ0n) is 13.5. The zero-order valence-corrected chi connectivity index (χ0v) is 14.3. The normalized spacial score (nSPS) is 11.4. The molecule has 3 aromatic rings. The second kappa shape index (κ2) is 7.41. The lowest BCUT2D eigenvalue weighted by Crippen LogP contribution is -2.20. The lowest BCUT2D eigenvalue weighted by atomic mass is 10.2. The predicted octanol–water partition coefficient (Wildman–Crippen LogP) is 1.72. The van der Waals surface area contributed by atoms with Gasteiger partial charge in [-0.15, -0.1) is 0 Å². The molecule has 0 radical (unpaired) electrons. The van der Waals surface area contributed by atoms with Crippen LogP contribution in [-0.4, -0.2) is 47.6 Å². The maximum absolute atomic E-state index is 11.9. The Morgan fingerprint density at radius 1 is 1.20 bits per heavy atom. The Morgan fingerprint density at radius 3 is 2.84 bits per heavy atom. The molecule has 25 heavy (non-hydrogen) atoms. The Bertz CT molecular complexity index is 941. The summed E-state index contributed by atoms with van der Waals surface area (Å²) in [5.74, 6) is 0.122. The van der Waals surface area contributed by atoms with Crippen LogP contribution < -0.4 is 4.72 Å². The summed E-state index contributed by atoms with van der Waals surface area (Å²) >= 11 is 0. The molecule has 3 rings (SSSR count). The molecule has 0 spiro atoms. The van der Waals surface area contributed by atoms with Gasteiger partial charge in [-0.3, -0.25) is 9.71 Å². The number of anilines is 1. The molecule has 0 unspecified atom stereocenters. The maximum Gasteiger partial charge on any atom is 0.236 e. The number of rotatable bonds is 7. The van der Waals surface area contributed by atoms with Crippen LogP contribution in [0.25, 0.3) is 16.9 Å². The standard InChI is InChI=1S/C16H17N5O3S/c1-24-8-9-25(22,23)20-16-6-2-5-15(19-16)13-10-18-21(12-13)14-4-3-7-17-11-14/h2-7,10-12H,8-9H2,1H3,(H,19,20). The van der Waals surface area contributed by atoms with E-state index in [1.807, 2.05) is 18.3 Å². The summed E-state index contributed by atoms with van der Waals surface area (Å²) in [6.07, 6.45) is 6.86. The number of ether oxygens (including phenoxy) is 1. The van der Waals surface area contributed by atoms with Crippen molar-refractivity contribution in [1.82, 2.24) is 19.7 Å². The van der Waals surface area contributed by atoms with Crippen molar-refractivity contribution in [2.75, 3.05) is 24.2 Å². The average molecular weight is 359 g/mol. The maximum atomic E-state index is 11.9. The monoisotopic (exact) mass is 359 g/mol. The highest BCUT2D eigenvalue weighted by Gasteiger charge is 2.12. The van der Waals surface area contributed by atoms with E-state index in [9.17, 15) is 8.42 Å². The molecule has 0 aliphatic carbocycles. The third-order valence-corrected chi connectivity index (χ3v) is 4.58. The van der Waals surface area contributed by atoms with E-state index in [0.717, 1.165) is 11.3 Å². The lowest BCUT2D eigenvalue weighted by molar-refractivity contribution is 0.217. The fourth-order valence-corrected chi connectivity index (χ4v) is 3.06. The molecule has 0 amide bonds. The van der Waals surface area contributed by atoms with Crippen molar-refractivity contribution in [3.63, 3.8) is 0 Å². The van der Waals surface area contributed by atoms with Crippen molar-refractivity contribution in [2.45, 2.75) is 0 Å². The summed E-state index contributed by atoms with van der Waals surface area (Å²) in [6, 6.07) is 8.83. The molecule has 0 saturated carbocycles. The largest absolute Gasteiger partial charge is 0.384 e. The van der Waals surface area contributed by atoms with Crippen LogP contribution in [0.5, 0.6) is 0 Å². The topological polar surface area (TPSA) is 99.0 Å². The van der Waals surface area contributed by atoms with Gasteiger partial charge in [0.1, 0.15) is 5.82 Å². The van der Waals surface area contributed by atoms with E-state index in [0.29, 0.717) is 5.69 Å². The molecule has 0 aliphatic heterocycles. The molecule has 8 nitrogen and oxygen atoms in total. The van der Waals surface area contributed by atoms with E-state index < -0.39 is 10.0 Å². The van der Waals surface area contributed by atoms with Crippen LogP contribution in [0.4, 0.5) is 5.82 Å². The first kappa shape index (κ1) is 17.1. The Morgan fingerprint density at radius 2 is 2.08 bits per heavy atom. The van der Waals surface area contributed by atoms with Crippen LogP contribution in [0, 0.1) is 0 Å². The summed E-state index contributed by atoms with van der Waals surface area (Å²) in [7, 11) is -2.05. The van der Waals surface area contributed by atoms with Crippen LogP contribution in [0.15, 0.2) is 55.1 Å². The van der Waals surface area contributed by atoms with E-state index in [4.69, 9.17) is 4.74 Å². The third-order valence-electron chi connectivity index (χ3n) is 3.35. The minimum absolute atomic E-state index is 0.118. The van der Waals surface area contributed by atoms with Gasteiger partial charge in [0.2, 0.25) is 10.0 Å². The Hall–Kier alpha value is -2.78. The fourth-order valence-electron chi connectivity index (χ4n) is 2.14. The Kier molecular flexibility index (Phi) is 5.05. The van der Waals surface area contributed by atoms with Gasteiger partial charge in [0.25, 0.3) is 0 Å². The first-order valence-corrected chi connectivity index (χ1v) is 9.14. The van der Waals surface area contributed by atoms with Gasteiger partial charge < -0.3 is 4.74 Å². The molecule has 0 fully saturated rings.